The third-order valence-corrected chi connectivity index (χ3v) is 5.41. The number of aliphatic hydroxyl groups is 2. The lowest BCUT2D eigenvalue weighted by Gasteiger charge is -2.34. The number of carbonyl (C=O) groups excluding carboxylic acids is 4. The number of ketones is 1. The fourth-order valence-electron chi connectivity index (χ4n) is 3.09. The zero-order valence-corrected chi connectivity index (χ0v) is 23.7. The van der Waals surface area contributed by atoms with Crippen LogP contribution in [-0.2, 0) is 38.1 Å². The second-order valence-corrected chi connectivity index (χ2v) is 13.5. The molecule has 0 radical (unpaired) electrons. The van der Waals surface area contributed by atoms with E-state index in [1.165, 1.54) is 20.8 Å². The van der Waals surface area contributed by atoms with Crippen LogP contribution in [0.3, 0.4) is 0 Å². The van der Waals surface area contributed by atoms with Crippen molar-refractivity contribution in [1.29, 1.82) is 0 Å². The standard InChI is InChI=1S/C26H44O10/c1-22(2,3)18(28)26(32)17(35-21(31)25(10,11)12)16(34-20(30)24(7,8)9)15(36-26)14(27)13-33-19(29)23(4,5)6/h14-17,27,32H,13H2,1-12H3/t14-,15+,16+,17-,26-/m1/s1. The molecule has 0 spiro atoms. The van der Waals surface area contributed by atoms with Crippen LogP contribution in [0.2, 0.25) is 0 Å². The predicted octanol–water partition coefficient (Wildman–Crippen LogP) is 2.55. The van der Waals surface area contributed by atoms with Gasteiger partial charge in [0.05, 0.1) is 16.2 Å². The maximum absolute atomic E-state index is 13.4. The lowest BCUT2D eigenvalue weighted by Crippen LogP contribution is -2.57. The molecular formula is C26H44O10. The highest BCUT2D eigenvalue weighted by Gasteiger charge is 2.66. The first-order valence-corrected chi connectivity index (χ1v) is 12.1. The molecule has 0 aromatic rings. The molecule has 0 aromatic heterocycles. The molecule has 208 valence electrons. The topological polar surface area (TPSA) is 146 Å². The number of hydrogen-bond donors (Lipinski definition) is 2. The summed E-state index contributed by atoms with van der Waals surface area (Å²) in [5.41, 5.74) is -4.08. The molecule has 5 atom stereocenters. The second-order valence-electron chi connectivity index (χ2n) is 13.5. The molecule has 10 heteroatoms. The quantitative estimate of drug-likeness (QED) is 0.399. The highest BCUT2D eigenvalue weighted by molar-refractivity contribution is 5.92. The molecular weight excluding hydrogens is 472 g/mol. The van der Waals surface area contributed by atoms with E-state index in [1.807, 2.05) is 0 Å². The van der Waals surface area contributed by atoms with E-state index in [1.54, 1.807) is 62.3 Å². The number of ether oxygens (including phenoxy) is 4. The Morgan fingerprint density at radius 3 is 1.56 bits per heavy atom. The molecule has 1 heterocycles. The summed E-state index contributed by atoms with van der Waals surface area (Å²) in [7, 11) is 0. The Hall–Kier alpha value is -2.04. The van der Waals surface area contributed by atoms with Crippen molar-refractivity contribution < 1.29 is 48.3 Å². The number of rotatable bonds is 6. The van der Waals surface area contributed by atoms with Crippen LogP contribution in [0.25, 0.3) is 0 Å². The van der Waals surface area contributed by atoms with Gasteiger partial charge < -0.3 is 29.2 Å². The maximum atomic E-state index is 13.4. The third-order valence-electron chi connectivity index (χ3n) is 5.41. The van der Waals surface area contributed by atoms with Gasteiger partial charge in [0.25, 0.3) is 5.79 Å². The van der Waals surface area contributed by atoms with Crippen LogP contribution in [0.5, 0.6) is 0 Å². The van der Waals surface area contributed by atoms with Crippen molar-refractivity contribution in [3.8, 4) is 0 Å². The first kappa shape index (κ1) is 32.0. The van der Waals surface area contributed by atoms with Gasteiger partial charge in [-0.15, -0.1) is 0 Å². The lowest BCUT2D eigenvalue weighted by atomic mass is 9.83. The first-order valence-electron chi connectivity index (χ1n) is 12.1. The van der Waals surface area contributed by atoms with E-state index >= 15 is 0 Å². The molecule has 36 heavy (non-hydrogen) atoms. The number of Topliss-reactive ketones (excluding diaryl/α,β-unsaturated/α-hetero) is 1. The molecule has 1 aliphatic rings. The summed E-state index contributed by atoms with van der Waals surface area (Å²) in [6.07, 6.45) is -6.56. The minimum Gasteiger partial charge on any atom is -0.462 e. The second kappa shape index (κ2) is 10.4. The van der Waals surface area contributed by atoms with Crippen LogP contribution in [0.15, 0.2) is 0 Å². The minimum atomic E-state index is -2.75. The van der Waals surface area contributed by atoms with E-state index < -0.39 is 82.2 Å². The summed E-state index contributed by atoms with van der Waals surface area (Å²) in [5, 5.41) is 22.4. The van der Waals surface area contributed by atoms with Crippen molar-refractivity contribution in [2.45, 2.75) is 113 Å². The van der Waals surface area contributed by atoms with Crippen LogP contribution in [-0.4, -0.2) is 70.7 Å². The average molecular weight is 517 g/mol. The Bertz CT molecular complexity index is 850. The molecule has 0 bridgehead atoms. The van der Waals surface area contributed by atoms with Gasteiger partial charge in [-0.05, 0) is 62.3 Å². The molecule has 2 N–H and O–H groups in total. The number of hydrogen-bond acceptors (Lipinski definition) is 10. The van der Waals surface area contributed by atoms with Crippen LogP contribution in [0.1, 0.15) is 83.1 Å². The fraction of sp³-hybridized carbons (Fsp3) is 0.846. The zero-order chi connectivity index (χ0) is 28.7. The van der Waals surface area contributed by atoms with Gasteiger partial charge in [-0.25, -0.2) is 0 Å². The number of carbonyl (C=O) groups is 4. The van der Waals surface area contributed by atoms with Gasteiger partial charge in [-0.2, -0.15) is 0 Å². The third kappa shape index (κ3) is 7.49. The van der Waals surface area contributed by atoms with Crippen LogP contribution < -0.4 is 0 Å². The van der Waals surface area contributed by atoms with E-state index in [0.29, 0.717) is 0 Å². The minimum absolute atomic E-state index is 0.579. The maximum Gasteiger partial charge on any atom is 0.311 e. The molecule has 0 aromatic carbocycles. The van der Waals surface area contributed by atoms with E-state index in [-0.39, 0.29) is 0 Å². The van der Waals surface area contributed by atoms with Gasteiger partial charge >= 0.3 is 17.9 Å². The van der Waals surface area contributed by atoms with Gasteiger partial charge in [0.2, 0.25) is 11.9 Å². The molecule has 0 amide bonds. The van der Waals surface area contributed by atoms with E-state index in [0.717, 1.165) is 0 Å². The van der Waals surface area contributed by atoms with Crippen molar-refractivity contribution in [3.63, 3.8) is 0 Å². The van der Waals surface area contributed by atoms with Crippen molar-refractivity contribution in [2.75, 3.05) is 6.61 Å². The summed E-state index contributed by atoms with van der Waals surface area (Å²) >= 11 is 0. The average Bonchev–Trinajstić information content (AvgIpc) is 2.95. The Morgan fingerprint density at radius 2 is 1.17 bits per heavy atom. The van der Waals surface area contributed by atoms with Gasteiger partial charge in [0.15, 0.2) is 6.10 Å². The molecule has 0 aliphatic carbocycles. The van der Waals surface area contributed by atoms with Crippen molar-refractivity contribution in [3.05, 3.63) is 0 Å². The molecule has 0 unspecified atom stereocenters. The van der Waals surface area contributed by atoms with Gasteiger partial charge in [-0.1, -0.05) is 20.8 Å². The van der Waals surface area contributed by atoms with Crippen molar-refractivity contribution in [2.24, 2.45) is 21.7 Å². The smallest absolute Gasteiger partial charge is 0.311 e. The van der Waals surface area contributed by atoms with E-state index in [9.17, 15) is 29.4 Å². The van der Waals surface area contributed by atoms with Crippen molar-refractivity contribution >= 4 is 23.7 Å². The van der Waals surface area contributed by atoms with Gasteiger partial charge in [0.1, 0.15) is 18.8 Å². The monoisotopic (exact) mass is 516 g/mol. The highest BCUT2D eigenvalue weighted by atomic mass is 16.7. The zero-order valence-electron chi connectivity index (χ0n) is 23.7. The van der Waals surface area contributed by atoms with Crippen LogP contribution in [0.4, 0.5) is 0 Å². The summed E-state index contributed by atoms with van der Waals surface area (Å²) in [4.78, 5) is 51.3. The molecule has 1 rings (SSSR count). The van der Waals surface area contributed by atoms with Gasteiger partial charge in [-0.3, -0.25) is 19.2 Å². The van der Waals surface area contributed by atoms with Crippen LogP contribution in [0, 0.1) is 21.7 Å². The van der Waals surface area contributed by atoms with E-state index in [4.69, 9.17) is 18.9 Å². The number of aliphatic hydroxyl groups excluding tert-OH is 1. The Kier molecular flexibility index (Phi) is 9.22. The summed E-state index contributed by atoms with van der Waals surface area (Å²) in [5.74, 6) is -5.74. The van der Waals surface area contributed by atoms with Gasteiger partial charge in [0, 0.05) is 5.41 Å². The summed E-state index contributed by atoms with van der Waals surface area (Å²) in [6, 6.07) is 0. The lowest BCUT2D eigenvalue weighted by molar-refractivity contribution is -0.242. The van der Waals surface area contributed by atoms with E-state index in [2.05, 4.69) is 0 Å². The molecule has 1 aliphatic heterocycles. The molecule has 1 fully saturated rings. The summed E-state index contributed by atoms with van der Waals surface area (Å²) < 4.78 is 22.0. The fourth-order valence-corrected chi connectivity index (χ4v) is 3.09. The van der Waals surface area contributed by atoms with Crippen LogP contribution >= 0.6 is 0 Å². The first-order chi connectivity index (χ1) is 15.8. The SMILES string of the molecule is CC(C)(C)C(=O)OC[C@@H](O)[C@@H]1O[C@@](O)(C(=O)C(C)(C)C)[C@H](OC(=O)C(C)(C)C)[C@H]1OC(=O)C(C)(C)C. The predicted molar refractivity (Wildman–Crippen MR) is 129 cm³/mol. The number of esters is 3. The Balaban J connectivity index is 3.56. The highest BCUT2D eigenvalue weighted by Crippen LogP contribution is 2.41. The molecule has 10 nitrogen and oxygen atoms in total. The molecule has 1 saturated heterocycles. The Morgan fingerprint density at radius 1 is 0.750 bits per heavy atom. The largest absolute Gasteiger partial charge is 0.462 e. The molecule has 0 saturated carbocycles. The summed E-state index contributed by atoms with van der Waals surface area (Å²) in [6.45, 7) is 18.4. The van der Waals surface area contributed by atoms with Crippen molar-refractivity contribution in [1.82, 2.24) is 0 Å². The Labute approximate surface area is 214 Å². The normalized spacial score (nSPS) is 26.2.